The predicted octanol–water partition coefficient (Wildman–Crippen LogP) is 2.59. The van der Waals surface area contributed by atoms with Crippen molar-refractivity contribution in [3.05, 3.63) is 35.1 Å². The Bertz CT molecular complexity index is 527. The van der Waals surface area contributed by atoms with E-state index in [-0.39, 0.29) is 11.9 Å². The lowest BCUT2D eigenvalue weighted by Gasteiger charge is -2.37. The van der Waals surface area contributed by atoms with Crippen molar-refractivity contribution in [2.75, 3.05) is 32.8 Å². The van der Waals surface area contributed by atoms with Gasteiger partial charge in [-0.1, -0.05) is 6.07 Å². The van der Waals surface area contributed by atoms with Crippen molar-refractivity contribution in [1.29, 1.82) is 0 Å². The van der Waals surface area contributed by atoms with Crippen molar-refractivity contribution in [2.45, 2.75) is 25.8 Å². The van der Waals surface area contributed by atoms with Crippen LogP contribution < -0.4 is 0 Å². The summed E-state index contributed by atoms with van der Waals surface area (Å²) in [4.78, 5) is 15.8. The van der Waals surface area contributed by atoms with E-state index in [2.05, 4.69) is 4.90 Å². The minimum absolute atomic E-state index is 0.161. The van der Waals surface area contributed by atoms with Gasteiger partial charge < -0.3 is 9.64 Å². The SMILES string of the molecule is CCOC(=O)N1CCN(C2CCc3ccc(F)cc32)CC1. The van der Waals surface area contributed by atoms with Gasteiger partial charge in [-0.3, -0.25) is 4.90 Å². The van der Waals surface area contributed by atoms with Crippen LogP contribution in [0.2, 0.25) is 0 Å². The van der Waals surface area contributed by atoms with Crippen LogP contribution in [0.1, 0.15) is 30.5 Å². The van der Waals surface area contributed by atoms with E-state index in [0.717, 1.165) is 31.5 Å². The molecule has 1 saturated heterocycles. The fourth-order valence-corrected chi connectivity index (χ4v) is 3.36. The molecule has 2 aliphatic rings. The zero-order valence-electron chi connectivity index (χ0n) is 12.3. The van der Waals surface area contributed by atoms with Crippen LogP contribution in [0.3, 0.4) is 0 Å². The summed E-state index contributed by atoms with van der Waals surface area (Å²) in [7, 11) is 0. The number of carbonyl (C=O) groups is 1. The highest BCUT2D eigenvalue weighted by molar-refractivity contribution is 5.67. The smallest absolute Gasteiger partial charge is 0.409 e. The summed E-state index contributed by atoms with van der Waals surface area (Å²) in [6.45, 7) is 5.23. The second-order valence-electron chi connectivity index (χ2n) is 5.62. The van der Waals surface area contributed by atoms with E-state index in [0.29, 0.717) is 25.7 Å². The third-order valence-electron chi connectivity index (χ3n) is 4.44. The van der Waals surface area contributed by atoms with Gasteiger partial charge >= 0.3 is 6.09 Å². The Morgan fingerprint density at radius 3 is 2.81 bits per heavy atom. The van der Waals surface area contributed by atoms with E-state index in [4.69, 9.17) is 4.74 Å². The topological polar surface area (TPSA) is 32.8 Å². The van der Waals surface area contributed by atoms with Gasteiger partial charge in [0.1, 0.15) is 5.82 Å². The lowest BCUT2D eigenvalue weighted by Crippen LogP contribution is -2.49. The molecule has 21 heavy (non-hydrogen) atoms. The Labute approximate surface area is 124 Å². The fraction of sp³-hybridized carbons (Fsp3) is 0.562. The van der Waals surface area contributed by atoms with Crippen molar-refractivity contribution >= 4 is 6.09 Å². The summed E-state index contributed by atoms with van der Waals surface area (Å²) in [6.07, 6.45) is 1.83. The molecule has 0 bridgehead atoms. The number of ether oxygens (including phenoxy) is 1. The number of amides is 1. The van der Waals surface area contributed by atoms with Crippen LogP contribution >= 0.6 is 0 Å². The molecule has 0 aromatic heterocycles. The van der Waals surface area contributed by atoms with Crippen molar-refractivity contribution in [3.63, 3.8) is 0 Å². The molecule has 1 aromatic carbocycles. The molecule has 0 spiro atoms. The maximum Gasteiger partial charge on any atom is 0.409 e. The van der Waals surface area contributed by atoms with Crippen LogP contribution in [0.15, 0.2) is 18.2 Å². The average molecular weight is 292 g/mol. The molecule has 1 atom stereocenters. The normalized spacial score (nSPS) is 22.2. The van der Waals surface area contributed by atoms with Crippen molar-refractivity contribution in [3.8, 4) is 0 Å². The molecular formula is C16H21FN2O2. The van der Waals surface area contributed by atoms with Gasteiger partial charge in [-0.25, -0.2) is 9.18 Å². The quantitative estimate of drug-likeness (QED) is 0.840. The molecule has 1 aliphatic heterocycles. The number of carbonyl (C=O) groups excluding carboxylic acids is 1. The zero-order chi connectivity index (χ0) is 14.8. The van der Waals surface area contributed by atoms with Gasteiger partial charge in [0.2, 0.25) is 0 Å². The van der Waals surface area contributed by atoms with Crippen molar-refractivity contribution < 1.29 is 13.9 Å². The molecule has 1 unspecified atom stereocenters. The number of nitrogens with zero attached hydrogens (tertiary/aromatic N) is 2. The van der Waals surface area contributed by atoms with E-state index in [1.807, 2.05) is 13.0 Å². The predicted molar refractivity (Wildman–Crippen MR) is 77.6 cm³/mol. The minimum atomic E-state index is -0.227. The Balaban J connectivity index is 1.64. The summed E-state index contributed by atoms with van der Waals surface area (Å²) >= 11 is 0. The number of benzene rings is 1. The van der Waals surface area contributed by atoms with E-state index in [1.165, 1.54) is 5.56 Å². The number of aryl methyl sites for hydroxylation is 1. The van der Waals surface area contributed by atoms with Crippen LogP contribution in [0.5, 0.6) is 0 Å². The first-order chi connectivity index (χ1) is 10.2. The van der Waals surface area contributed by atoms with Crippen LogP contribution in [-0.2, 0) is 11.2 Å². The summed E-state index contributed by atoms with van der Waals surface area (Å²) in [5.41, 5.74) is 2.38. The summed E-state index contributed by atoms with van der Waals surface area (Å²) in [6, 6.07) is 5.41. The Morgan fingerprint density at radius 2 is 2.10 bits per heavy atom. The van der Waals surface area contributed by atoms with Crippen LogP contribution in [-0.4, -0.2) is 48.7 Å². The Morgan fingerprint density at radius 1 is 1.33 bits per heavy atom. The monoisotopic (exact) mass is 292 g/mol. The molecule has 1 aliphatic carbocycles. The summed E-state index contributed by atoms with van der Waals surface area (Å²) in [5.74, 6) is -0.161. The van der Waals surface area contributed by atoms with Crippen molar-refractivity contribution in [1.82, 2.24) is 9.80 Å². The molecule has 0 N–H and O–H groups in total. The van der Waals surface area contributed by atoms with Gasteiger partial charge in [0, 0.05) is 32.2 Å². The molecule has 3 rings (SSSR count). The van der Waals surface area contributed by atoms with Gasteiger partial charge in [-0.05, 0) is 43.0 Å². The van der Waals surface area contributed by atoms with Crippen LogP contribution in [0.4, 0.5) is 9.18 Å². The van der Waals surface area contributed by atoms with E-state index < -0.39 is 0 Å². The first-order valence-electron chi connectivity index (χ1n) is 7.63. The molecule has 1 amide bonds. The number of fused-ring (bicyclic) bond motifs is 1. The second kappa shape index (κ2) is 6.02. The first-order valence-corrected chi connectivity index (χ1v) is 7.63. The average Bonchev–Trinajstić information content (AvgIpc) is 2.90. The van der Waals surface area contributed by atoms with E-state index in [1.54, 1.807) is 17.0 Å². The molecule has 1 fully saturated rings. The Kier molecular flexibility index (Phi) is 4.10. The zero-order valence-corrected chi connectivity index (χ0v) is 12.3. The maximum atomic E-state index is 13.5. The van der Waals surface area contributed by atoms with E-state index in [9.17, 15) is 9.18 Å². The highest BCUT2D eigenvalue weighted by Crippen LogP contribution is 2.36. The number of hydrogen-bond donors (Lipinski definition) is 0. The molecule has 4 nitrogen and oxygen atoms in total. The summed E-state index contributed by atoms with van der Waals surface area (Å²) < 4.78 is 18.5. The molecular weight excluding hydrogens is 271 g/mol. The lowest BCUT2D eigenvalue weighted by atomic mass is 10.1. The van der Waals surface area contributed by atoms with Crippen molar-refractivity contribution in [2.24, 2.45) is 0 Å². The van der Waals surface area contributed by atoms with Crippen LogP contribution in [0.25, 0.3) is 0 Å². The highest BCUT2D eigenvalue weighted by atomic mass is 19.1. The summed E-state index contributed by atoms with van der Waals surface area (Å²) in [5, 5.41) is 0. The standard InChI is InChI=1S/C16H21FN2O2/c1-2-21-16(20)19-9-7-18(8-10-19)15-6-4-12-3-5-13(17)11-14(12)15/h3,5,11,15H,2,4,6-10H2,1H3. The molecule has 1 heterocycles. The van der Waals surface area contributed by atoms with Gasteiger partial charge in [-0.15, -0.1) is 0 Å². The third kappa shape index (κ3) is 2.88. The van der Waals surface area contributed by atoms with Gasteiger partial charge in [-0.2, -0.15) is 0 Å². The second-order valence-corrected chi connectivity index (χ2v) is 5.62. The molecule has 5 heteroatoms. The number of halogens is 1. The third-order valence-corrected chi connectivity index (χ3v) is 4.44. The molecule has 0 radical (unpaired) electrons. The van der Waals surface area contributed by atoms with E-state index >= 15 is 0 Å². The Hall–Kier alpha value is -1.62. The van der Waals surface area contributed by atoms with Gasteiger partial charge in [0.15, 0.2) is 0 Å². The number of rotatable bonds is 2. The highest BCUT2D eigenvalue weighted by Gasteiger charge is 2.31. The molecule has 0 saturated carbocycles. The molecule has 114 valence electrons. The number of hydrogen-bond acceptors (Lipinski definition) is 3. The minimum Gasteiger partial charge on any atom is -0.450 e. The van der Waals surface area contributed by atoms with Crippen LogP contribution in [0, 0.1) is 5.82 Å². The number of piperazine rings is 1. The largest absolute Gasteiger partial charge is 0.450 e. The maximum absolute atomic E-state index is 13.5. The van der Waals surface area contributed by atoms with Gasteiger partial charge in [0.05, 0.1) is 6.61 Å². The fourth-order valence-electron chi connectivity index (χ4n) is 3.36. The first kappa shape index (κ1) is 14.3. The van der Waals surface area contributed by atoms with Gasteiger partial charge in [0.25, 0.3) is 0 Å². The lowest BCUT2D eigenvalue weighted by molar-refractivity contribution is 0.0659. The molecule has 1 aromatic rings.